The summed E-state index contributed by atoms with van der Waals surface area (Å²) in [5, 5.41) is 0. The summed E-state index contributed by atoms with van der Waals surface area (Å²) in [4.78, 5) is 38.4. The lowest BCUT2D eigenvalue weighted by Gasteiger charge is -2.18. The number of carbonyl (C=O) groups excluding carboxylic acids is 3. The fraction of sp³-hybridized carbons (Fsp3) is 0.640. The molecule has 0 radical (unpaired) electrons. The average Bonchev–Trinajstić information content (AvgIpc) is 3.47. The second-order valence-corrected chi connectivity index (χ2v) is 21.6. The maximum absolute atomic E-state index is 12.9. The Kier molecular flexibility index (Phi) is 63.9. The second kappa shape index (κ2) is 67.8. The molecule has 6 heteroatoms. The van der Waals surface area contributed by atoms with Crippen LogP contribution < -0.4 is 0 Å². The number of carbonyl (C=O) groups is 3. The van der Waals surface area contributed by atoms with Crippen LogP contribution in [0.5, 0.6) is 0 Å². The van der Waals surface area contributed by atoms with Crippen molar-refractivity contribution in [3.8, 4) is 0 Å². The zero-order chi connectivity index (χ0) is 58.5. The summed E-state index contributed by atoms with van der Waals surface area (Å²) in [6, 6.07) is 0. The van der Waals surface area contributed by atoms with E-state index in [1.165, 1.54) is 103 Å². The quantitative estimate of drug-likeness (QED) is 0.0261. The minimum Gasteiger partial charge on any atom is -0.462 e. The highest BCUT2D eigenvalue weighted by molar-refractivity contribution is 5.71. The van der Waals surface area contributed by atoms with Crippen LogP contribution in [0.1, 0.15) is 290 Å². The highest BCUT2D eigenvalue weighted by atomic mass is 16.6. The van der Waals surface area contributed by atoms with E-state index >= 15 is 0 Å². The van der Waals surface area contributed by atoms with Gasteiger partial charge >= 0.3 is 17.9 Å². The lowest BCUT2D eigenvalue weighted by atomic mass is 10.0. The van der Waals surface area contributed by atoms with Gasteiger partial charge in [-0.3, -0.25) is 14.4 Å². The number of hydrogen-bond acceptors (Lipinski definition) is 6. The Balaban J connectivity index is 4.40. The number of allylic oxidation sites excluding steroid dienone is 24. The minimum atomic E-state index is -0.807. The zero-order valence-corrected chi connectivity index (χ0v) is 52.5. The van der Waals surface area contributed by atoms with E-state index in [9.17, 15) is 14.4 Å². The van der Waals surface area contributed by atoms with E-state index in [0.29, 0.717) is 12.8 Å². The van der Waals surface area contributed by atoms with Gasteiger partial charge in [-0.25, -0.2) is 0 Å². The molecule has 0 spiro atoms. The van der Waals surface area contributed by atoms with Crippen LogP contribution >= 0.6 is 0 Å². The molecule has 0 aliphatic heterocycles. The Hall–Kier alpha value is -4.71. The molecule has 0 saturated carbocycles. The fourth-order valence-electron chi connectivity index (χ4n) is 8.95. The van der Waals surface area contributed by atoms with Crippen molar-refractivity contribution in [3.63, 3.8) is 0 Å². The fourth-order valence-corrected chi connectivity index (χ4v) is 8.95. The highest BCUT2D eigenvalue weighted by Crippen LogP contribution is 2.16. The van der Waals surface area contributed by atoms with Crippen molar-refractivity contribution in [1.82, 2.24) is 0 Å². The first kappa shape index (κ1) is 76.3. The Morgan fingerprint density at radius 3 is 0.704 bits per heavy atom. The molecule has 0 bridgehead atoms. The summed E-state index contributed by atoms with van der Waals surface area (Å²) < 4.78 is 16.9. The summed E-state index contributed by atoms with van der Waals surface area (Å²) in [7, 11) is 0. The number of ether oxygens (including phenoxy) is 3. The van der Waals surface area contributed by atoms with Crippen LogP contribution in [0.25, 0.3) is 0 Å². The van der Waals surface area contributed by atoms with Crippen LogP contribution in [0.3, 0.4) is 0 Å². The SMILES string of the molecule is CC/C=C\C/C=C\C/C=C\C/C=C\C/C=C\CCCCCC(=O)OC(COC(=O)CCCCCCCCC/C=C\C/C=C\C/C=C\CC)COC(=O)CCCCCCCCCCCCCCCC/C=C\C/C=C\C/C=C\C/C=C\CC. The Morgan fingerprint density at radius 1 is 0.247 bits per heavy atom. The summed E-state index contributed by atoms with van der Waals surface area (Å²) in [5.74, 6) is -0.938. The summed E-state index contributed by atoms with van der Waals surface area (Å²) >= 11 is 0. The lowest BCUT2D eigenvalue weighted by molar-refractivity contribution is -0.167. The molecule has 0 heterocycles. The van der Waals surface area contributed by atoms with Gasteiger partial charge in [0, 0.05) is 19.3 Å². The van der Waals surface area contributed by atoms with Crippen molar-refractivity contribution in [1.29, 1.82) is 0 Å². The topological polar surface area (TPSA) is 78.9 Å². The van der Waals surface area contributed by atoms with Gasteiger partial charge in [0.15, 0.2) is 6.10 Å². The van der Waals surface area contributed by atoms with Gasteiger partial charge in [-0.05, 0) is 135 Å². The van der Waals surface area contributed by atoms with Gasteiger partial charge in [-0.1, -0.05) is 282 Å². The van der Waals surface area contributed by atoms with Crippen LogP contribution in [0, 0.1) is 0 Å². The number of rotatable bonds is 59. The van der Waals surface area contributed by atoms with E-state index in [1.807, 2.05) is 0 Å². The van der Waals surface area contributed by atoms with Gasteiger partial charge in [0.05, 0.1) is 0 Å². The lowest BCUT2D eigenvalue weighted by Crippen LogP contribution is -2.30. The van der Waals surface area contributed by atoms with E-state index in [-0.39, 0.29) is 37.5 Å². The Morgan fingerprint density at radius 2 is 0.444 bits per heavy atom. The van der Waals surface area contributed by atoms with Crippen LogP contribution in [0.2, 0.25) is 0 Å². The van der Waals surface area contributed by atoms with Gasteiger partial charge in [-0.15, -0.1) is 0 Å². The Labute approximate surface area is 499 Å². The van der Waals surface area contributed by atoms with Gasteiger partial charge in [0.1, 0.15) is 13.2 Å². The number of hydrogen-bond donors (Lipinski definition) is 0. The average molecular weight is 1120 g/mol. The zero-order valence-electron chi connectivity index (χ0n) is 52.5. The molecule has 1 atom stereocenters. The third kappa shape index (κ3) is 66.0. The van der Waals surface area contributed by atoms with Gasteiger partial charge in [0.2, 0.25) is 0 Å². The molecule has 0 aliphatic carbocycles. The summed E-state index contributed by atoms with van der Waals surface area (Å²) in [6.07, 6.45) is 97.1. The molecule has 81 heavy (non-hydrogen) atoms. The molecule has 0 aromatic heterocycles. The molecule has 458 valence electrons. The molecule has 0 aromatic carbocycles. The smallest absolute Gasteiger partial charge is 0.306 e. The molecule has 1 unspecified atom stereocenters. The predicted molar refractivity (Wildman–Crippen MR) is 352 cm³/mol. The van der Waals surface area contributed by atoms with E-state index in [1.54, 1.807) is 0 Å². The van der Waals surface area contributed by atoms with Crippen LogP contribution in [-0.4, -0.2) is 37.2 Å². The van der Waals surface area contributed by atoms with Crippen LogP contribution in [0.15, 0.2) is 146 Å². The molecule has 0 fully saturated rings. The first-order chi connectivity index (χ1) is 40.0. The molecule has 0 rings (SSSR count). The number of esters is 3. The van der Waals surface area contributed by atoms with Crippen molar-refractivity contribution in [2.45, 2.75) is 297 Å². The largest absolute Gasteiger partial charge is 0.462 e. The van der Waals surface area contributed by atoms with Crippen LogP contribution in [0.4, 0.5) is 0 Å². The maximum atomic E-state index is 12.9. The first-order valence-electron chi connectivity index (χ1n) is 33.3. The molecule has 6 nitrogen and oxygen atoms in total. The van der Waals surface area contributed by atoms with Crippen molar-refractivity contribution >= 4 is 17.9 Å². The van der Waals surface area contributed by atoms with E-state index < -0.39 is 6.10 Å². The second-order valence-electron chi connectivity index (χ2n) is 21.6. The molecular weight excluding hydrogens is 997 g/mol. The van der Waals surface area contributed by atoms with Gasteiger partial charge in [-0.2, -0.15) is 0 Å². The maximum Gasteiger partial charge on any atom is 0.306 e. The van der Waals surface area contributed by atoms with Gasteiger partial charge in [0.25, 0.3) is 0 Å². The van der Waals surface area contributed by atoms with Crippen LogP contribution in [-0.2, 0) is 28.6 Å². The van der Waals surface area contributed by atoms with Crippen molar-refractivity contribution in [2.24, 2.45) is 0 Å². The molecule has 0 N–H and O–H groups in total. The molecule has 0 aliphatic rings. The predicted octanol–water partition coefficient (Wildman–Crippen LogP) is 23.1. The summed E-state index contributed by atoms with van der Waals surface area (Å²) in [5.41, 5.74) is 0. The van der Waals surface area contributed by atoms with E-state index in [0.717, 1.165) is 148 Å². The molecule has 0 aromatic rings. The third-order valence-electron chi connectivity index (χ3n) is 13.8. The monoisotopic (exact) mass is 1120 g/mol. The molecule has 0 saturated heterocycles. The normalized spacial score (nSPS) is 13.1. The standard InChI is InChI=1S/C75H122O6/c1-4-7-10-13-16-19-22-25-28-31-33-34-35-36-37-38-39-40-42-44-47-50-53-56-59-62-65-68-74(77)80-71-72(70-79-73(76)67-64-61-58-55-52-49-46-43-30-27-24-21-18-15-12-9-6-3)81-75(78)69-66-63-60-57-54-51-48-45-41-32-29-26-23-20-17-14-11-8-5-2/h7-12,16-21,25-30,33-34,41,45,51,54,72H,4-6,13-15,22-24,31-32,35-40,42-44,46-50,52-53,55-71H2,1-3H3/b10-7-,11-8-,12-9-,19-16-,20-17-,21-18-,28-25-,29-26-,30-27-,34-33-,45-41-,54-51-. The number of unbranched alkanes of at least 4 members (excludes halogenated alkanes) is 24. The van der Waals surface area contributed by atoms with Crippen molar-refractivity contribution in [3.05, 3.63) is 146 Å². The summed E-state index contributed by atoms with van der Waals surface area (Å²) in [6.45, 7) is 6.28. The van der Waals surface area contributed by atoms with Crippen molar-refractivity contribution in [2.75, 3.05) is 13.2 Å². The van der Waals surface area contributed by atoms with Crippen molar-refractivity contribution < 1.29 is 28.6 Å². The van der Waals surface area contributed by atoms with E-state index in [2.05, 4.69) is 167 Å². The van der Waals surface area contributed by atoms with Gasteiger partial charge < -0.3 is 14.2 Å². The molecule has 0 amide bonds. The highest BCUT2D eigenvalue weighted by Gasteiger charge is 2.19. The third-order valence-corrected chi connectivity index (χ3v) is 13.8. The molecular formula is C75H122O6. The minimum absolute atomic E-state index is 0.0988. The first-order valence-corrected chi connectivity index (χ1v) is 33.3. The Bertz CT molecular complexity index is 1760. The van der Waals surface area contributed by atoms with E-state index in [4.69, 9.17) is 14.2 Å².